The molecule has 0 radical (unpaired) electrons. The second-order valence-electron chi connectivity index (χ2n) is 4.42. The minimum absolute atomic E-state index is 0.104. The zero-order valence-electron chi connectivity index (χ0n) is 11.3. The molecule has 0 aliphatic carbocycles. The van der Waals surface area contributed by atoms with Crippen molar-refractivity contribution in [2.75, 3.05) is 32.1 Å². The molecule has 1 amide bonds. The van der Waals surface area contributed by atoms with Crippen molar-refractivity contribution in [3.8, 4) is 0 Å². The van der Waals surface area contributed by atoms with E-state index in [1.54, 1.807) is 44.4 Å². The summed E-state index contributed by atoms with van der Waals surface area (Å²) in [6.07, 6.45) is 3.19. The van der Waals surface area contributed by atoms with Crippen LogP contribution in [-0.2, 0) is 9.59 Å². The molecule has 1 unspecified atom stereocenters. The van der Waals surface area contributed by atoms with E-state index in [1.807, 2.05) is 0 Å². The van der Waals surface area contributed by atoms with Gasteiger partial charge in [-0.3, -0.25) is 9.59 Å². The number of carboxylic acid groups (broad SMARTS) is 1. The molecule has 19 heavy (non-hydrogen) atoms. The molecule has 1 N–H and O–H groups in total. The van der Waals surface area contributed by atoms with Crippen LogP contribution in [0.15, 0.2) is 18.5 Å². The molecule has 1 aromatic rings. The van der Waals surface area contributed by atoms with Crippen LogP contribution in [0.3, 0.4) is 0 Å². The standard InChI is InChI=1S/C12H18N4O3/c1-9(11(18)19)7-15(2)10(17)8-16(3)12-13-5-4-6-14-12/h4-6,9H,7-8H2,1-3H3,(H,18,19). The number of carbonyl (C=O) groups is 2. The summed E-state index contributed by atoms with van der Waals surface area (Å²) < 4.78 is 0. The molecule has 1 heterocycles. The van der Waals surface area contributed by atoms with E-state index in [2.05, 4.69) is 9.97 Å². The van der Waals surface area contributed by atoms with Gasteiger partial charge in [-0.2, -0.15) is 0 Å². The van der Waals surface area contributed by atoms with Crippen LogP contribution < -0.4 is 4.90 Å². The van der Waals surface area contributed by atoms with Gasteiger partial charge in [-0.25, -0.2) is 9.97 Å². The van der Waals surface area contributed by atoms with Crippen LogP contribution in [0.2, 0.25) is 0 Å². The number of likely N-dealkylation sites (N-methyl/N-ethyl adjacent to an activating group) is 2. The number of aliphatic carboxylic acids is 1. The molecule has 0 aliphatic heterocycles. The molecule has 104 valence electrons. The number of hydrogen-bond acceptors (Lipinski definition) is 5. The molecule has 1 aromatic heterocycles. The first-order valence-corrected chi connectivity index (χ1v) is 5.86. The predicted octanol–water partition coefficient (Wildman–Crippen LogP) is 0.0919. The number of hydrogen-bond donors (Lipinski definition) is 1. The lowest BCUT2D eigenvalue weighted by atomic mass is 10.2. The maximum Gasteiger partial charge on any atom is 0.308 e. The molecule has 7 heteroatoms. The fourth-order valence-electron chi connectivity index (χ4n) is 1.47. The van der Waals surface area contributed by atoms with E-state index in [4.69, 9.17) is 5.11 Å². The smallest absolute Gasteiger partial charge is 0.308 e. The zero-order valence-corrected chi connectivity index (χ0v) is 11.3. The Morgan fingerprint density at radius 1 is 1.32 bits per heavy atom. The highest BCUT2D eigenvalue weighted by Crippen LogP contribution is 2.04. The number of carbonyl (C=O) groups excluding carboxylic acids is 1. The van der Waals surface area contributed by atoms with E-state index in [9.17, 15) is 9.59 Å². The van der Waals surface area contributed by atoms with Gasteiger partial charge in [0.25, 0.3) is 0 Å². The van der Waals surface area contributed by atoms with Gasteiger partial charge in [0.15, 0.2) is 0 Å². The quantitative estimate of drug-likeness (QED) is 0.785. The van der Waals surface area contributed by atoms with Crippen molar-refractivity contribution in [1.82, 2.24) is 14.9 Å². The number of nitrogens with zero attached hydrogens (tertiary/aromatic N) is 4. The fourth-order valence-corrected chi connectivity index (χ4v) is 1.47. The predicted molar refractivity (Wildman–Crippen MR) is 69.7 cm³/mol. The van der Waals surface area contributed by atoms with E-state index in [-0.39, 0.29) is 19.0 Å². The Bertz CT molecular complexity index is 438. The fraction of sp³-hybridized carbons (Fsp3) is 0.500. The summed E-state index contributed by atoms with van der Waals surface area (Å²) in [5.74, 6) is -1.23. The number of aromatic nitrogens is 2. The minimum atomic E-state index is -0.917. The van der Waals surface area contributed by atoms with Crippen LogP contribution in [0.5, 0.6) is 0 Å². The molecule has 0 aromatic carbocycles. The molecule has 7 nitrogen and oxygen atoms in total. The van der Waals surface area contributed by atoms with Crippen LogP contribution in [0.25, 0.3) is 0 Å². The molecule has 1 rings (SSSR count). The van der Waals surface area contributed by atoms with Gasteiger partial charge >= 0.3 is 5.97 Å². The average Bonchev–Trinajstić information content (AvgIpc) is 2.39. The van der Waals surface area contributed by atoms with E-state index in [1.165, 1.54) is 4.90 Å². The first kappa shape index (κ1) is 14.9. The second-order valence-corrected chi connectivity index (χ2v) is 4.42. The van der Waals surface area contributed by atoms with Crippen LogP contribution in [-0.4, -0.2) is 59.0 Å². The Labute approximate surface area is 111 Å². The SMILES string of the molecule is CC(CN(C)C(=O)CN(C)c1ncccn1)C(=O)O. The van der Waals surface area contributed by atoms with E-state index >= 15 is 0 Å². The van der Waals surface area contributed by atoms with E-state index in [0.29, 0.717) is 5.95 Å². The minimum Gasteiger partial charge on any atom is -0.481 e. The van der Waals surface area contributed by atoms with Crippen molar-refractivity contribution in [2.24, 2.45) is 5.92 Å². The maximum atomic E-state index is 11.9. The lowest BCUT2D eigenvalue weighted by molar-refractivity contribution is -0.142. The van der Waals surface area contributed by atoms with Crippen molar-refractivity contribution < 1.29 is 14.7 Å². The Morgan fingerprint density at radius 2 is 1.89 bits per heavy atom. The number of carboxylic acids is 1. The third-order valence-corrected chi connectivity index (χ3v) is 2.66. The van der Waals surface area contributed by atoms with Crippen molar-refractivity contribution in [2.45, 2.75) is 6.92 Å². The Hall–Kier alpha value is -2.18. The summed E-state index contributed by atoms with van der Waals surface area (Å²) >= 11 is 0. The van der Waals surface area contributed by atoms with Crippen molar-refractivity contribution in [3.05, 3.63) is 18.5 Å². The highest BCUT2D eigenvalue weighted by atomic mass is 16.4. The van der Waals surface area contributed by atoms with Crippen LogP contribution in [0.1, 0.15) is 6.92 Å². The van der Waals surface area contributed by atoms with Crippen molar-refractivity contribution >= 4 is 17.8 Å². The van der Waals surface area contributed by atoms with Crippen LogP contribution in [0.4, 0.5) is 5.95 Å². The summed E-state index contributed by atoms with van der Waals surface area (Å²) in [4.78, 5) is 33.7. The highest BCUT2D eigenvalue weighted by molar-refractivity contribution is 5.81. The molecule has 0 aliphatic rings. The van der Waals surface area contributed by atoms with Gasteiger partial charge in [-0.05, 0) is 6.07 Å². The summed E-state index contributed by atoms with van der Waals surface area (Å²) in [6, 6.07) is 1.69. The normalized spacial score (nSPS) is 11.7. The van der Waals surface area contributed by atoms with E-state index in [0.717, 1.165) is 0 Å². The lowest BCUT2D eigenvalue weighted by Gasteiger charge is -2.23. The molecule has 0 fully saturated rings. The Kier molecular flexibility index (Phi) is 5.23. The van der Waals surface area contributed by atoms with Gasteiger partial charge in [0.05, 0.1) is 12.5 Å². The number of rotatable bonds is 6. The third-order valence-electron chi connectivity index (χ3n) is 2.66. The van der Waals surface area contributed by atoms with Gasteiger partial charge in [0.2, 0.25) is 11.9 Å². The number of amides is 1. The molecule has 1 atom stereocenters. The molecule has 0 spiro atoms. The summed E-state index contributed by atoms with van der Waals surface area (Å²) in [5.41, 5.74) is 0. The first-order valence-electron chi connectivity index (χ1n) is 5.86. The first-order chi connectivity index (χ1) is 8.91. The molecule has 0 saturated heterocycles. The zero-order chi connectivity index (χ0) is 14.4. The van der Waals surface area contributed by atoms with Crippen LogP contribution >= 0.6 is 0 Å². The summed E-state index contributed by atoms with van der Waals surface area (Å²) in [5, 5.41) is 8.80. The third kappa shape index (κ3) is 4.53. The maximum absolute atomic E-state index is 11.9. The van der Waals surface area contributed by atoms with E-state index < -0.39 is 11.9 Å². The summed E-state index contributed by atoms with van der Waals surface area (Å²) in [7, 11) is 3.29. The molecular weight excluding hydrogens is 248 g/mol. The second kappa shape index (κ2) is 6.67. The highest BCUT2D eigenvalue weighted by Gasteiger charge is 2.18. The molecular formula is C12H18N4O3. The van der Waals surface area contributed by atoms with Crippen molar-refractivity contribution in [1.29, 1.82) is 0 Å². The van der Waals surface area contributed by atoms with Crippen molar-refractivity contribution in [3.63, 3.8) is 0 Å². The molecule has 0 bridgehead atoms. The average molecular weight is 266 g/mol. The monoisotopic (exact) mass is 266 g/mol. The van der Waals surface area contributed by atoms with Crippen LogP contribution in [0, 0.1) is 5.92 Å². The van der Waals surface area contributed by atoms with Gasteiger partial charge in [0.1, 0.15) is 0 Å². The van der Waals surface area contributed by atoms with Gasteiger partial charge in [-0.1, -0.05) is 6.92 Å². The Balaban J connectivity index is 2.53. The van der Waals surface area contributed by atoms with Gasteiger partial charge in [0, 0.05) is 33.0 Å². The van der Waals surface area contributed by atoms with Gasteiger partial charge < -0.3 is 14.9 Å². The van der Waals surface area contributed by atoms with Gasteiger partial charge in [-0.15, -0.1) is 0 Å². The largest absolute Gasteiger partial charge is 0.481 e. The molecule has 0 saturated carbocycles. The number of anilines is 1. The lowest BCUT2D eigenvalue weighted by Crippen LogP contribution is -2.40. The summed E-state index contributed by atoms with van der Waals surface area (Å²) in [6.45, 7) is 1.85. The topological polar surface area (TPSA) is 86.6 Å². The Morgan fingerprint density at radius 3 is 2.42 bits per heavy atom.